The summed E-state index contributed by atoms with van der Waals surface area (Å²) in [5.41, 5.74) is 1.38. The van der Waals surface area contributed by atoms with Crippen molar-refractivity contribution in [2.75, 3.05) is 10.0 Å². The highest BCUT2D eigenvalue weighted by Crippen LogP contribution is 2.29. The van der Waals surface area contributed by atoms with Gasteiger partial charge in [-0.1, -0.05) is 11.6 Å². The number of aryl methyl sites for hydroxylation is 2. The lowest BCUT2D eigenvalue weighted by Crippen LogP contribution is -2.16. The molecule has 2 heterocycles. The molecule has 0 bridgehead atoms. The minimum Gasteiger partial charge on any atom is -0.484 e. The number of anilines is 2. The van der Waals surface area contributed by atoms with Gasteiger partial charge in [0.25, 0.3) is 21.6 Å². The predicted octanol–water partition coefficient (Wildman–Crippen LogP) is 4.88. The molecule has 0 unspecified atom stereocenters. The molecule has 0 aliphatic rings. The lowest BCUT2D eigenvalue weighted by Gasteiger charge is -2.09. The Hall–Kier alpha value is -4.49. The van der Waals surface area contributed by atoms with Crippen molar-refractivity contribution in [1.29, 1.82) is 0 Å². The standard InChI is InChI=1S/C24H20ClN5O7S/c1-14-11-15(2)27-24(26-14)29-38(34,35)19-7-3-16(4-8-19)28-23(31)21-10-6-18(37-21)13-36-22-12-17(30(32)33)5-9-20(22)25/h3-12H,13H2,1-2H3,(H,28,31)(H,26,27,29). The number of aromatic nitrogens is 2. The number of hydrogen-bond acceptors (Lipinski definition) is 9. The number of furan rings is 1. The molecule has 4 aromatic rings. The quantitative estimate of drug-likeness (QED) is 0.215. The zero-order valence-electron chi connectivity index (χ0n) is 20.0. The van der Waals surface area contributed by atoms with E-state index < -0.39 is 20.9 Å². The van der Waals surface area contributed by atoms with Gasteiger partial charge < -0.3 is 14.5 Å². The lowest BCUT2D eigenvalue weighted by atomic mass is 10.3. The second kappa shape index (κ2) is 10.9. The SMILES string of the molecule is Cc1cc(C)nc(NS(=O)(=O)c2ccc(NC(=O)c3ccc(COc4cc([N+](=O)[O-])ccc4Cl)o3)cc2)n1. The van der Waals surface area contributed by atoms with Gasteiger partial charge in [0.2, 0.25) is 5.95 Å². The maximum Gasteiger partial charge on any atom is 0.291 e. The van der Waals surface area contributed by atoms with Crippen LogP contribution in [0, 0.1) is 24.0 Å². The summed E-state index contributed by atoms with van der Waals surface area (Å²) in [4.78, 5) is 31.0. The highest BCUT2D eigenvalue weighted by atomic mass is 35.5. The van der Waals surface area contributed by atoms with Gasteiger partial charge in [-0.2, -0.15) is 0 Å². The fraction of sp³-hybridized carbons (Fsp3) is 0.125. The van der Waals surface area contributed by atoms with Gasteiger partial charge in [0.1, 0.15) is 18.1 Å². The molecule has 0 fully saturated rings. The first-order valence-corrected chi connectivity index (χ1v) is 12.8. The maximum absolute atomic E-state index is 12.7. The number of benzene rings is 2. The molecule has 14 heteroatoms. The number of nitro groups is 1. The molecule has 4 rings (SSSR count). The second-order valence-corrected chi connectivity index (χ2v) is 10.1. The van der Waals surface area contributed by atoms with Crippen molar-refractivity contribution in [2.24, 2.45) is 0 Å². The number of nitrogens with zero attached hydrogens (tertiary/aromatic N) is 3. The van der Waals surface area contributed by atoms with Crippen LogP contribution in [0.3, 0.4) is 0 Å². The molecule has 38 heavy (non-hydrogen) atoms. The summed E-state index contributed by atoms with van der Waals surface area (Å²) in [6.45, 7) is 3.33. The zero-order chi connectivity index (χ0) is 27.4. The van der Waals surface area contributed by atoms with Gasteiger partial charge in [-0.15, -0.1) is 0 Å². The highest BCUT2D eigenvalue weighted by molar-refractivity contribution is 7.92. The van der Waals surface area contributed by atoms with Crippen molar-refractivity contribution in [2.45, 2.75) is 25.3 Å². The number of carbonyl (C=O) groups excluding carboxylic acids is 1. The molecular formula is C24H20ClN5O7S. The first kappa shape index (κ1) is 26.6. The third-order valence-electron chi connectivity index (χ3n) is 5.01. The van der Waals surface area contributed by atoms with Crippen LogP contribution in [-0.4, -0.2) is 29.2 Å². The van der Waals surface area contributed by atoms with Crippen LogP contribution in [0.1, 0.15) is 27.7 Å². The van der Waals surface area contributed by atoms with Gasteiger partial charge in [-0.3, -0.25) is 14.9 Å². The average Bonchev–Trinajstić information content (AvgIpc) is 3.32. The fourth-order valence-electron chi connectivity index (χ4n) is 3.30. The monoisotopic (exact) mass is 557 g/mol. The fourth-order valence-corrected chi connectivity index (χ4v) is 4.42. The first-order chi connectivity index (χ1) is 18.0. The number of nitro benzene ring substituents is 1. The zero-order valence-corrected chi connectivity index (χ0v) is 21.5. The Bertz CT molecular complexity index is 1600. The summed E-state index contributed by atoms with van der Waals surface area (Å²) in [5.74, 6) is -0.276. The van der Waals surface area contributed by atoms with Crippen molar-refractivity contribution in [1.82, 2.24) is 9.97 Å². The van der Waals surface area contributed by atoms with E-state index in [1.807, 2.05) is 0 Å². The first-order valence-electron chi connectivity index (χ1n) is 10.9. The number of amides is 1. The molecule has 2 N–H and O–H groups in total. The van der Waals surface area contributed by atoms with E-state index in [-0.39, 0.29) is 45.4 Å². The number of halogens is 1. The summed E-state index contributed by atoms with van der Waals surface area (Å²) in [6, 6.07) is 13.9. The van der Waals surface area contributed by atoms with Gasteiger partial charge in [-0.05, 0) is 62.4 Å². The number of hydrogen-bond donors (Lipinski definition) is 2. The summed E-state index contributed by atoms with van der Waals surface area (Å²) in [5, 5.41) is 13.7. The van der Waals surface area contributed by atoms with Crippen molar-refractivity contribution < 1.29 is 27.3 Å². The van der Waals surface area contributed by atoms with Crippen LogP contribution in [0.5, 0.6) is 5.75 Å². The molecule has 0 aliphatic heterocycles. The molecule has 2 aromatic heterocycles. The van der Waals surface area contributed by atoms with Crippen molar-refractivity contribution in [3.05, 3.63) is 98.7 Å². The van der Waals surface area contributed by atoms with E-state index in [2.05, 4.69) is 20.0 Å². The van der Waals surface area contributed by atoms with Crippen molar-refractivity contribution in [3.8, 4) is 5.75 Å². The van der Waals surface area contributed by atoms with Crippen LogP contribution >= 0.6 is 11.6 Å². The summed E-state index contributed by atoms with van der Waals surface area (Å²) >= 11 is 6.02. The Morgan fingerprint density at radius 3 is 2.39 bits per heavy atom. The van der Waals surface area contributed by atoms with Crippen LogP contribution in [0.2, 0.25) is 5.02 Å². The van der Waals surface area contributed by atoms with Gasteiger partial charge in [0, 0.05) is 23.1 Å². The lowest BCUT2D eigenvalue weighted by molar-refractivity contribution is -0.384. The van der Waals surface area contributed by atoms with Crippen molar-refractivity contribution in [3.63, 3.8) is 0 Å². The van der Waals surface area contributed by atoms with Gasteiger partial charge >= 0.3 is 0 Å². The van der Waals surface area contributed by atoms with Crippen LogP contribution in [0.25, 0.3) is 0 Å². The Morgan fingerprint density at radius 2 is 1.74 bits per heavy atom. The van der Waals surface area contributed by atoms with E-state index in [4.69, 9.17) is 20.8 Å². The Labute approximate surface area is 221 Å². The molecule has 1 amide bonds. The van der Waals surface area contributed by atoms with Gasteiger partial charge in [0.05, 0.1) is 20.9 Å². The number of nitrogens with one attached hydrogen (secondary N) is 2. The molecule has 12 nitrogen and oxygen atoms in total. The molecule has 0 saturated carbocycles. The highest BCUT2D eigenvalue weighted by Gasteiger charge is 2.18. The van der Waals surface area contributed by atoms with E-state index in [1.54, 1.807) is 19.9 Å². The normalized spacial score (nSPS) is 11.1. The van der Waals surface area contributed by atoms with E-state index in [0.29, 0.717) is 17.1 Å². The largest absolute Gasteiger partial charge is 0.484 e. The third kappa shape index (κ3) is 6.44. The van der Waals surface area contributed by atoms with Crippen molar-refractivity contribution >= 4 is 44.9 Å². The Morgan fingerprint density at radius 1 is 1.05 bits per heavy atom. The minimum absolute atomic E-state index is 0.0286. The van der Waals surface area contributed by atoms with Crippen LogP contribution < -0.4 is 14.8 Å². The number of sulfonamides is 1. The number of rotatable bonds is 9. The minimum atomic E-state index is -3.95. The predicted molar refractivity (Wildman–Crippen MR) is 138 cm³/mol. The van der Waals surface area contributed by atoms with E-state index in [0.717, 1.165) is 0 Å². The number of carbonyl (C=O) groups is 1. The molecule has 0 spiro atoms. The molecular weight excluding hydrogens is 538 g/mol. The Balaban J connectivity index is 1.38. The topological polar surface area (TPSA) is 167 Å². The molecule has 2 aromatic carbocycles. The Kier molecular flexibility index (Phi) is 7.60. The van der Waals surface area contributed by atoms with E-state index >= 15 is 0 Å². The molecule has 0 radical (unpaired) electrons. The van der Waals surface area contributed by atoms with Gasteiger partial charge in [0.15, 0.2) is 5.76 Å². The molecule has 0 saturated heterocycles. The van der Waals surface area contributed by atoms with Crippen LogP contribution in [0.4, 0.5) is 17.3 Å². The number of ether oxygens (including phenoxy) is 1. The third-order valence-corrected chi connectivity index (χ3v) is 6.67. The smallest absolute Gasteiger partial charge is 0.291 e. The van der Waals surface area contributed by atoms with Crippen LogP contribution in [0.15, 0.2) is 70.0 Å². The maximum atomic E-state index is 12.7. The van der Waals surface area contributed by atoms with Crippen LogP contribution in [-0.2, 0) is 16.6 Å². The summed E-state index contributed by atoms with van der Waals surface area (Å²) < 4.78 is 38.7. The summed E-state index contributed by atoms with van der Waals surface area (Å²) in [6.07, 6.45) is 0. The second-order valence-electron chi connectivity index (χ2n) is 7.98. The molecule has 0 atom stereocenters. The molecule has 0 aliphatic carbocycles. The van der Waals surface area contributed by atoms with Gasteiger partial charge in [-0.25, -0.2) is 23.1 Å². The molecule has 196 valence electrons. The number of non-ortho nitro benzene ring substituents is 1. The average molecular weight is 558 g/mol. The summed E-state index contributed by atoms with van der Waals surface area (Å²) in [7, 11) is -3.95. The van der Waals surface area contributed by atoms with E-state index in [1.165, 1.54) is 54.6 Å². The van der Waals surface area contributed by atoms with E-state index in [9.17, 15) is 23.3 Å².